The third-order valence-corrected chi connectivity index (χ3v) is 7.49. The maximum Gasteiger partial charge on any atom is 0.411 e. The summed E-state index contributed by atoms with van der Waals surface area (Å²) in [6.07, 6.45) is 4.24. The fourth-order valence-electron chi connectivity index (χ4n) is 4.60. The van der Waals surface area contributed by atoms with E-state index in [-0.39, 0.29) is 28.0 Å². The molecule has 1 aromatic heterocycles. The second kappa shape index (κ2) is 13.5. The van der Waals surface area contributed by atoms with Gasteiger partial charge in [0.2, 0.25) is 0 Å². The number of amides is 1. The van der Waals surface area contributed by atoms with Crippen LogP contribution < -0.4 is 14.2 Å². The first-order chi connectivity index (χ1) is 19.8. The molecule has 1 amide bonds. The summed E-state index contributed by atoms with van der Waals surface area (Å²) in [6.45, 7) is 2.78. The second-order valence-electron chi connectivity index (χ2n) is 11.4. The number of carbonyl (C=O) groups excluding carboxylic acids is 2. The second-order valence-corrected chi connectivity index (χ2v) is 12.3. The number of piperidine rings is 1. The van der Waals surface area contributed by atoms with Gasteiger partial charge in [0, 0.05) is 18.5 Å². The molecule has 0 bridgehead atoms. The predicted octanol–water partition coefficient (Wildman–Crippen LogP) is 6.63. The molecule has 1 aromatic carbocycles. The van der Waals surface area contributed by atoms with Gasteiger partial charge in [-0.1, -0.05) is 29.3 Å². The molecule has 0 radical (unpaired) electrons. The summed E-state index contributed by atoms with van der Waals surface area (Å²) < 4.78 is 48.7. The third kappa shape index (κ3) is 8.73. The average Bonchev–Trinajstić information content (AvgIpc) is 3.72. The minimum atomic E-state index is -3.07. The van der Waals surface area contributed by atoms with E-state index in [9.17, 15) is 23.6 Å². The zero-order valence-electron chi connectivity index (χ0n) is 23.6. The smallest absolute Gasteiger partial charge is 0.411 e. The Kier molecular flexibility index (Phi) is 10.2. The van der Waals surface area contributed by atoms with Crippen LogP contribution in [0, 0.1) is 11.1 Å². The van der Waals surface area contributed by atoms with Crippen molar-refractivity contribution in [2.24, 2.45) is 5.92 Å². The van der Waals surface area contributed by atoms with Gasteiger partial charge in [-0.05, 0) is 76.5 Å². The highest BCUT2D eigenvalue weighted by Gasteiger charge is 2.37. The van der Waals surface area contributed by atoms with Crippen LogP contribution >= 0.6 is 23.2 Å². The molecule has 0 N–H and O–H groups in total. The van der Waals surface area contributed by atoms with E-state index in [2.05, 4.69) is 4.74 Å². The number of rotatable bonds is 10. The summed E-state index contributed by atoms with van der Waals surface area (Å²) in [6, 6.07) is 3.36. The predicted molar refractivity (Wildman–Crippen MR) is 150 cm³/mol. The van der Waals surface area contributed by atoms with Crippen molar-refractivity contribution < 1.29 is 42.0 Å². The number of halogens is 4. The normalized spacial score (nSPS) is 18.0. The summed E-state index contributed by atoms with van der Waals surface area (Å²) in [7, 11) is 0. The Morgan fingerprint density at radius 2 is 1.79 bits per heavy atom. The minimum absolute atomic E-state index is 0.0504. The Labute approximate surface area is 253 Å². The van der Waals surface area contributed by atoms with Crippen molar-refractivity contribution in [3.05, 3.63) is 57.0 Å². The highest BCUT2D eigenvalue weighted by Crippen LogP contribution is 2.38. The molecule has 1 saturated heterocycles. The lowest BCUT2D eigenvalue weighted by Gasteiger charge is -2.36. The Morgan fingerprint density at radius 3 is 2.40 bits per heavy atom. The van der Waals surface area contributed by atoms with Crippen LogP contribution in [-0.2, 0) is 20.7 Å². The van der Waals surface area contributed by atoms with E-state index < -0.39 is 36.4 Å². The zero-order valence-corrected chi connectivity index (χ0v) is 25.1. The van der Waals surface area contributed by atoms with Crippen molar-refractivity contribution in [1.82, 2.24) is 4.90 Å². The van der Waals surface area contributed by atoms with Gasteiger partial charge in [-0.3, -0.25) is 4.90 Å². The molecule has 42 heavy (non-hydrogen) atoms. The number of hydrogen-bond acceptors (Lipinski definition) is 7. The number of esters is 1. The Morgan fingerprint density at radius 1 is 1.10 bits per heavy atom. The molecular weight excluding hydrogens is 597 g/mol. The molecule has 2 aromatic rings. The maximum atomic E-state index is 13.7. The molecule has 0 spiro atoms. The van der Waals surface area contributed by atoms with Gasteiger partial charge < -0.3 is 24.2 Å². The number of alkyl halides is 2. The van der Waals surface area contributed by atoms with E-state index in [1.807, 2.05) is 0 Å². The van der Waals surface area contributed by atoms with Crippen molar-refractivity contribution in [2.45, 2.75) is 83.7 Å². The van der Waals surface area contributed by atoms with Crippen molar-refractivity contribution >= 4 is 35.3 Å². The largest absolute Gasteiger partial charge is 0.619 e. The van der Waals surface area contributed by atoms with Crippen LogP contribution in [0.15, 0.2) is 30.6 Å². The van der Waals surface area contributed by atoms with Crippen molar-refractivity contribution in [1.29, 1.82) is 0 Å². The highest BCUT2D eigenvalue weighted by molar-refractivity contribution is 6.35. The fraction of sp³-hybridized carbons (Fsp3) is 0.552. The molecular formula is C29H34Cl2F2N2O7. The first-order valence-electron chi connectivity index (χ1n) is 13.8. The molecule has 2 atom stereocenters. The summed E-state index contributed by atoms with van der Waals surface area (Å²) in [5, 5.41) is 11.9. The fourth-order valence-corrected chi connectivity index (χ4v) is 5.19. The van der Waals surface area contributed by atoms with Crippen molar-refractivity contribution in [3.63, 3.8) is 0 Å². The van der Waals surface area contributed by atoms with Crippen LogP contribution in [0.25, 0.3) is 0 Å². The Bertz CT molecular complexity index is 1260. The lowest BCUT2D eigenvalue weighted by Crippen LogP contribution is -2.50. The quantitative estimate of drug-likeness (QED) is 0.165. The molecule has 230 valence electrons. The first kappa shape index (κ1) is 31.9. The number of likely N-dealkylation sites (tertiary alicyclic amines) is 1. The van der Waals surface area contributed by atoms with Crippen LogP contribution in [0.5, 0.6) is 11.5 Å². The SMILES string of the molecule is CC(C)(C)OC(=O)N1CCCC[C@H]1C(=O)O[C@@H](Cc1c(Cl)c[n+]([O-])cc1Cl)c1ccc(OC(F)F)c(OCC2CC2)c1. The number of benzene rings is 1. The number of carbonyl (C=O) groups is 2. The van der Waals surface area contributed by atoms with E-state index in [0.717, 1.165) is 25.2 Å². The van der Waals surface area contributed by atoms with Crippen LogP contribution in [0.3, 0.4) is 0 Å². The van der Waals surface area contributed by atoms with Gasteiger partial charge in [0.05, 0.1) is 6.61 Å². The van der Waals surface area contributed by atoms with Gasteiger partial charge in [0.1, 0.15) is 27.8 Å². The molecule has 1 aliphatic carbocycles. The summed E-state index contributed by atoms with van der Waals surface area (Å²) in [5.41, 5.74) is -0.0328. The zero-order chi connectivity index (χ0) is 30.6. The van der Waals surface area contributed by atoms with Crippen molar-refractivity contribution in [3.8, 4) is 11.5 Å². The third-order valence-electron chi connectivity index (χ3n) is 6.84. The minimum Gasteiger partial charge on any atom is -0.619 e. The molecule has 2 fully saturated rings. The number of aromatic nitrogens is 1. The van der Waals surface area contributed by atoms with Crippen LogP contribution in [0.2, 0.25) is 10.0 Å². The molecule has 2 aliphatic rings. The standard InChI is InChI=1S/C29H34Cl2F2N2O7/c1-29(2,3)42-28(37)35-11-5-4-6-22(35)26(36)40-24(13-19-20(30)14-34(38)15-21(19)31)18-9-10-23(41-27(32)33)25(12-18)39-16-17-7-8-17/h9-10,12,14-15,17,22,24,27H,4-8,11,13,16H2,1-3H3/t22-,24-/m0/s1. The van der Waals surface area contributed by atoms with Crippen LogP contribution in [0.1, 0.15) is 70.1 Å². The van der Waals surface area contributed by atoms with E-state index >= 15 is 0 Å². The lowest BCUT2D eigenvalue weighted by molar-refractivity contribution is -0.605. The Hall–Kier alpha value is -3.05. The van der Waals surface area contributed by atoms with Gasteiger partial charge in [-0.2, -0.15) is 13.5 Å². The topological polar surface area (TPSA) is 101 Å². The van der Waals surface area contributed by atoms with Crippen LogP contribution in [0.4, 0.5) is 13.6 Å². The Balaban J connectivity index is 1.66. The molecule has 1 aliphatic heterocycles. The van der Waals surface area contributed by atoms with Gasteiger partial charge >= 0.3 is 18.7 Å². The van der Waals surface area contributed by atoms with E-state index in [1.54, 1.807) is 20.8 Å². The lowest BCUT2D eigenvalue weighted by atomic mass is 10.00. The highest BCUT2D eigenvalue weighted by atomic mass is 35.5. The number of nitrogens with zero attached hydrogens (tertiary/aromatic N) is 2. The average molecular weight is 632 g/mol. The molecule has 4 rings (SSSR count). The monoisotopic (exact) mass is 630 g/mol. The molecule has 9 nitrogen and oxygen atoms in total. The van der Waals surface area contributed by atoms with Gasteiger partial charge in [-0.15, -0.1) is 0 Å². The summed E-state index contributed by atoms with van der Waals surface area (Å²) >= 11 is 12.7. The molecule has 2 heterocycles. The number of ether oxygens (including phenoxy) is 4. The van der Waals surface area contributed by atoms with Crippen LogP contribution in [-0.4, -0.2) is 48.4 Å². The van der Waals surface area contributed by atoms with Gasteiger partial charge in [-0.25, -0.2) is 9.59 Å². The van der Waals surface area contributed by atoms with E-state index in [4.69, 9.17) is 37.4 Å². The molecule has 1 saturated carbocycles. The van der Waals surface area contributed by atoms with E-state index in [1.165, 1.54) is 23.1 Å². The van der Waals surface area contributed by atoms with Gasteiger partial charge in [0.25, 0.3) is 0 Å². The summed E-state index contributed by atoms with van der Waals surface area (Å²) in [4.78, 5) is 27.9. The van der Waals surface area contributed by atoms with E-state index in [0.29, 0.717) is 54.2 Å². The van der Waals surface area contributed by atoms with Gasteiger partial charge in [0.15, 0.2) is 23.9 Å². The number of pyridine rings is 1. The maximum absolute atomic E-state index is 13.7. The van der Waals surface area contributed by atoms with Crippen molar-refractivity contribution in [2.75, 3.05) is 13.2 Å². The molecule has 0 unspecified atom stereocenters. The molecule has 13 heteroatoms. The number of hydrogen-bond donors (Lipinski definition) is 0. The summed E-state index contributed by atoms with van der Waals surface area (Å²) in [5.74, 6) is -0.448. The first-order valence-corrected chi connectivity index (χ1v) is 14.5.